The summed E-state index contributed by atoms with van der Waals surface area (Å²) in [5.74, 6) is 4.75. The van der Waals surface area contributed by atoms with Gasteiger partial charge >= 0.3 is 0 Å². The lowest BCUT2D eigenvalue weighted by atomic mass is 9.46. The van der Waals surface area contributed by atoms with Crippen molar-refractivity contribution in [2.45, 2.75) is 104 Å². The van der Waals surface area contributed by atoms with E-state index in [-0.39, 0.29) is 0 Å². The van der Waals surface area contributed by atoms with Crippen LogP contribution in [0.5, 0.6) is 0 Å². The van der Waals surface area contributed by atoms with Crippen LogP contribution in [0.3, 0.4) is 0 Å². The van der Waals surface area contributed by atoms with Gasteiger partial charge in [-0.2, -0.15) is 10.4 Å². The van der Waals surface area contributed by atoms with E-state index >= 15 is 0 Å². The Balaban J connectivity index is 1.34. The van der Waals surface area contributed by atoms with E-state index in [4.69, 9.17) is 5.26 Å². The highest BCUT2D eigenvalue weighted by Crippen LogP contribution is 2.68. The van der Waals surface area contributed by atoms with Gasteiger partial charge in [-0.25, -0.2) is 0 Å². The predicted molar refractivity (Wildman–Crippen MR) is 127 cm³/mol. The Bertz CT molecular complexity index is 883. The molecule has 0 amide bonds. The third-order valence-electron chi connectivity index (χ3n) is 11.3. The van der Waals surface area contributed by atoms with Crippen LogP contribution >= 0.6 is 0 Å². The second-order valence-corrected chi connectivity index (χ2v) is 13.0. The molecule has 9 atom stereocenters. The fourth-order valence-corrected chi connectivity index (χ4v) is 9.47. The minimum absolute atomic E-state index is 0.428. The Morgan fingerprint density at radius 1 is 1.03 bits per heavy atom. The molecular formula is C28H43N3O. The van der Waals surface area contributed by atoms with Crippen LogP contribution in [-0.2, 0) is 6.54 Å². The quantitative estimate of drug-likeness (QED) is 0.613. The van der Waals surface area contributed by atoms with Crippen LogP contribution in [0, 0.1) is 57.7 Å². The molecule has 1 aromatic heterocycles. The maximum Gasteiger partial charge on any atom is 0.102 e. The van der Waals surface area contributed by atoms with E-state index in [1.165, 1.54) is 51.4 Å². The van der Waals surface area contributed by atoms with Crippen molar-refractivity contribution in [3.05, 3.63) is 18.0 Å². The molecular weight excluding hydrogens is 394 g/mol. The molecule has 1 heterocycles. The zero-order valence-corrected chi connectivity index (χ0v) is 20.7. The molecule has 0 unspecified atom stereocenters. The molecule has 0 bridgehead atoms. The third kappa shape index (κ3) is 3.54. The Morgan fingerprint density at radius 2 is 1.81 bits per heavy atom. The summed E-state index contributed by atoms with van der Waals surface area (Å²) in [5.41, 5.74) is 1.09. The molecule has 32 heavy (non-hydrogen) atoms. The SMILES string of the molecule is C[C@H](Cn1cc(C#N)cn1)[C@H]1CC[C@H]2[C@@H]3CC[C@H]4CC[C@](C)(O)CC[C@]4(C)[C@H]3CC[C@]12C. The fraction of sp³-hybridized carbons (Fsp3) is 0.857. The highest BCUT2D eigenvalue weighted by molar-refractivity contribution is 5.21. The summed E-state index contributed by atoms with van der Waals surface area (Å²) in [5, 5.41) is 24.4. The van der Waals surface area contributed by atoms with Gasteiger partial charge in [0.1, 0.15) is 6.07 Å². The van der Waals surface area contributed by atoms with Crippen LogP contribution in [0.25, 0.3) is 0 Å². The summed E-state index contributed by atoms with van der Waals surface area (Å²) in [4.78, 5) is 0. The Labute approximate surface area is 194 Å². The third-order valence-corrected chi connectivity index (χ3v) is 11.3. The molecule has 0 spiro atoms. The van der Waals surface area contributed by atoms with Gasteiger partial charge in [0, 0.05) is 12.7 Å². The Morgan fingerprint density at radius 3 is 2.56 bits per heavy atom. The van der Waals surface area contributed by atoms with Crippen molar-refractivity contribution in [1.82, 2.24) is 9.78 Å². The average Bonchev–Trinajstić information content (AvgIpc) is 3.32. The van der Waals surface area contributed by atoms with Gasteiger partial charge in [-0.3, -0.25) is 4.68 Å². The van der Waals surface area contributed by atoms with Gasteiger partial charge in [0.05, 0.1) is 17.4 Å². The van der Waals surface area contributed by atoms with Crippen LogP contribution in [0.2, 0.25) is 0 Å². The zero-order chi connectivity index (χ0) is 22.7. The summed E-state index contributed by atoms with van der Waals surface area (Å²) in [6, 6.07) is 2.21. The maximum atomic E-state index is 10.8. The number of nitrogens with zero attached hydrogens (tertiary/aromatic N) is 3. The second-order valence-electron chi connectivity index (χ2n) is 13.0. The van der Waals surface area contributed by atoms with Crippen molar-refractivity contribution >= 4 is 0 Å². The lowest BCUT2D eigenvalue weighted by Gasteiger charge is -2.59. The van der Waals surface area contributed by atoms with Gasteiger partial charge in [-0.15, -0.1) is 0 Å². The minimum atomic E-state index is -0.454. The second kappa shape index (κ2) is 7.86. The van der Waals surface area contributed by atoms with Crippen LogP contribution in [0.15, 0.2) is 12.4 Å². The van der Waals surface area contributed by atoms with E-state index in [1.807, 2.05) is 10.9 Å². The van der Waals surface area contributed by atoms with E-state index in [0.29, 0.717) is 22.3 Å². The molecule has 0 aromatic carbocycles. The van der Waals surface area contributed by atoms with Crippen molar-refractivity contribution in [1.29, 1.82) is 5.26 Å². The van der Waals surface area contributed by atoms with Crippen molar-refractivity contribution in [3.63, 3.8) is 0 Å². The van der Waals surface area contributed by atoms with Gasteiger partial charge in [0.15, 0.2) is 0 Å². The largest absolute Gasteiger partial charge is 0.390 e. The molecule has 4 aliphatic rings. The highest BCUT2D eigenvalue weighted by atomic mass is 16.3. The molecule has 4 saturated carbocycles. The molecule has 4 fully saturated rings. The topological polar surface area (TPSA) is 61.8 Å². The number of rotatable bonds is 3. The molecule has 4 nitrogen and oxygen atoms in total. The lowest BCUT2D eigenvalue weighted by molar-refractivity contribution is -0.104. The molecule has 0 aliphatic heterocycles. The first-order valence-electron chi connectivity index (χ1n) is 13.3. The van der Waals surface area contributed by atoms with Crippen molar-refractivity contribution in [2.75, 3.05) is 0 Å². The fourth-order valence-electron chi connectivity index (χ4n) is 9.47. The summed E-state index contributed by atoms with van der Waals surface area (Å²) < 4.78 is 2.00. The molecule has 0 saturated heterocycles. The standard InChI is InChI=1S/C28H43N3O/c1-19(17-31-18-20(15-29)16-30-31)23-7-8-24-22-6-5-21-9-11-26(2,32)13-14-27(21,3)25(22)10-12-28(23,24)4/h16,18-19,21-25,32H,5-14,17H2,1-4H3/t19-,21+,22+,23-,24+,25+,26+,27+,28-/m1/s1. The van der Waals surface area contributed by atoms with Crippen LogP contribution in [-0.4, -0.2) is 20.5 Å². The summed E-state index contributed by atoms with van der Waals surface area (Å²) in [6.07, 6.45) is 16.3. The van der Waals surface area contributed by atoms with E-state index in [9.17, 15) is 5.11 Å². The van der Waals surface area contributed by atoms with Crippen LogP contribution in [0.1, 0.15) is 97.5 Å². The first-order valence-corrected chi connectivity index (χ1v) is 13.3. The summed E-state index contributed by atoms with van der Waals surface area (Å²) >= 11 is 0. The van der Waals surface area contributed by atoms with Gasteiger partial charge in [0.25, 0.3) is 0 Å². The number of aromatic nitrogens is 2. The molecule has 1 aromatic rings. The zero-order valence-electron chi connectivity index (χ0n) is 20.7. The number of hydrogen-bond donors (Lipinski definition) is 1. The van der Waals surface area contributed by atoms with Gasteiger partial charge < -0.3 is 5.11 Å². The van der Waals surface area contributed by atoms with E-state index < -0.39 is 5.60 Å². The minimum Gasteiger partial charge on any atom is -0.390 e. The summed E-state index contributed by atoms with van der Waals surface area (Å²) in [6.45, 7) is 10.7. The highest BCUT2D eigenvalue weighted by Gasteiger charge is 2.60. The van der Waals surface area contributed by atoms with Crippen molar-refractivity contribution in [2.24, 2.45) is 46.3 Å². The first-order chi connectivity index (χ1) is 15.2. The van der Waals surface area contributed by atoms with Crippen molar-refractivity contribution < 1.29 is 5.11 Å². The number of fused-ring (bicyclic) bond motifs is 5. The molecule has 4 heteroatoms. The summed E-state index contributed by atoms with van der Waals surface area (Å²) in [7, 11) is 0. The Hall–Kier alpha value is -1.34. The van der Waals surface area contributed by atoms with E-state index in [2.05, 4.69) is 38.9 Å². The van der Waals surface area contributed by atoms with Crippen molar-refractivity contribution in [3.8, 4) is 6.07 Å². The van der Waals surface area contributed by atoms with E-state index in [0.717, 1.165) is 49.0 Å². The number of hydrogen-bond acceptors (Lipinski definition) is 3. The van der Waals surface area contributed by atoms with Gasteiger partial charge in [-0.05, 0) is 117 Å². The maximum absolute atomic E-state index is 10.8. The molecule has 1 N–H and O–H groups in total. The first kappa shape index (κ1) is 22.5. The number of nitriles is 1. The number of aliphatic hydroxyl groups is 1. The van der Waals surface area contributed by atoms with Gasteiger partial charge in [0.2, 0.25) is 0 Å². The predicted octanol–water partition coefficient (Wildman–Crippen LogP) is 6.19. The van der Waals surface area contributed by atoms with Crippen LogP contribution in [0.4, 0.5) is 0 Å². The van der Waals surface area contributed by atoms with Crippen LogP contribution < -0.4 is 0 Å². The van der Waals surface area contributed by atoms with E-state index in [1.54, 1.807) is 6.20 Å². The molecule has 5 rings (SSSR count). The normalized spacial score (nSPS) is 46.9. The Kier molecular flexibility index (Phi) is 5.52. The monoisotopic (exact) mass is 437 g/mol. The van der Waals surface area contributed by atoms with Gasteiger partial charge in [-0.1, -0.05) is 20.8 Å². The lowest BCUT2D eigenvalue weighted by Crippen LogP contribution is -2.52. The molecule has 176 valence electrons. The molecule has 0 radical (unpaired) electrons. The smallest absolute Gasteiger partial charge is 0.102 e. The average molecular weight is 438 g/mol. The molecule has 4 aliphatic carbocycles.